The lowest BCUT2D eigenvalue weighted by molar-refractivity contribution is -0.136. The highest BCUT2D eigenvalue weighted by molar-refractivity contribution is 6.31. The van der Waals surface area contributed by atoms with Crippen LogP contribution in [0.15, 0.2) is 30.3 Å². The van der Waals surface area contributed by atoms with Gasteiger partial charge in [0.25, 0.3) is 5.91 Å². The van der Waals surface area contributed by atoms with Gasteiger partial charge in [0, 0.05) is 48.4 Å². The summed E-state index contributed by atoms with van der Waals surface area (Å²) in [6, 6.07) is 8.66. The largest absolute Gasteiger partial charge is 0.444 e. The standard InChI is InChI=1S/C28H29ClN4O6/c1-15-18(10-32-12-21-9-20(32)14-38-21)7-19(8-23(15)29)30-28(37)39-13-16-2-3-17-11-33(27(36)22(17)6-16)24-4-5-25(34)31-26(24)35/h2-3,6-8,20-21,24H,4-5,9-14H2,1H3,(H,30,37)(H,31,34,35). The quantitative estimate of drug-likeness (QED) is 0.529. The van der Waals surface area contributed by atoms with Crippen molar-refractivity contribution in [3.8, 4) is 0 Å². The summed E-state index contributed by atoms with van der Waals surface area (Å²) in [5.41, 5.74) is 4.48. The molecule has 0 saturated carbocycles. The predicted molar refractivity (Wildman–Crippen MR) is 141 cm³/mol. The molecule has 2 aromatic rings. The van der Waals surface area contributed by atoms with E-state index in [9.17, 15) is 19.2 Å². The molecule has 0 aromatic heterocycles. The molecule has 4 amide bonds. The molecule has 3 fully saturated rings. The van der Waals surface area contributed by atoms with Gasteiger partial charge >= 0.3 is 6.09 Å². The lowest BCUT2D eigenvalue weighted by Gasteiger charge is -2.29. The van der Waals surface area contributed by atoms with Crippen molar-refractivity contribution in [2.75, 3.05) is 18.5 Å². The van der Waals surface area contributed by atoms with Gasteiger partial charge in [-0.05, 0) is 60.2 Å². The minimum Gasteiger partial charge on any atom is -0.444 e. The number of anilines is 1. The van der Waals surface area contributed by atoms with Crippen molar-refractivity contribution >= 4 is 41.1 Å². The fourth-order valence-corrected chi connectivity index (χ4v) is 6.10. The van der Waals surface area contributed by atoms with Crippen LogP contribution in [-0.2, 0) is 38.8 Å². The number of piperidine rings is 1. The first-order valence-corrected chi connectivity index (χ1v) is 13.5. The van der Waals surface area contributed by atoms with E-state index in [0.29, 0.717) is 46.9 Å². The number of morpholine rings is 1. The molecule has 39 heavy (non-hydrogen) atoms. The number of ether oxygens (including phenoxy) is 2. The van der Waals surface area contributed by atoms with Crippen LogP contribution in [0.3, 0.4) is 0 Å². The van der Waals surface area contributed by atoms with E-state index >= 15 is 0 Å². The number of likely N-dealkylation sites (tertiary alicyclic amines) is 1. The number of hydrogen-bond acceptors (Lipinski definition) is 7. The molecule has 10 nitrogen and oxygen atoms in total. The number of halogens is 1. The Labute approximate surface area is 230 Å². The Balaban J connectivity index is 1.07. The molecule has 2 aromatic carbocycles. The summed E-state index contributed by atoms with van der Waals surface area (Å²) in [6.45, 7) is 4.63. The van der Waals surface area contributed by atoms with E-state index in [1.165, 1.54) is 4.90 Å². The number of fused-ring (bicyclic) bond motifs is 3. The van der Waals surface area contributed by atoms with Gasteiger partial charge in [0.2, 0.25) is 11.8 Å². The van der Waals surface area contributed by atoms with Crippen molar-refractivity contribution in [2.24, 2.45) is 0 Å². The van der Waals surface area contributed by atoms with Crippen molar-refractivity contribution in [3.05, 3.63) is 63.2 Å². The second-order valence-corrected chi connectivity index (χ2v) is 11.0. The van der Waals surface area contributed by atoms with Gasteiger partial charge in [-0.15, -0.1) is 0 Å². The van der Waals surface area contributed by atoms with E-state index in [1.807, 2.05) is 13.0 Å². The van der Waals surface area contributed by atoms with Gasteiger partial charge in [-0.25, -0.2) is 4.79 Å². The minimum atomic E-state index is -0.673. The summed E-state index contributed by atoms with van der Waals surface area (Å²) < 4.78 is 11.1. The topological polar surface area (TPSA) is 117 Å². The first-order chi connectivity index (χ1) is 18.7. The van der Waals surface area contributed by atoms with Crippen LogP contribution in [0.25, 0.3) is 0 Å². The zero-order valence-corrected chi connectivity index (χ0v) is 22.3. The van der Waals surface area contributed by atoms with Gasteiger partial charge in [0.1, 0.15) is 12.6 Å². The van der Waals surface area contributed by atoms with Crippen LogP contribution in [0.4, 0.5) is 10.5 Å². The predicted octanol–water partition coefficient (Wildman–Crippen LogP) is 3.13. The fourth-order valence-electron chi connectivity index (χ4n) is 5.86. The van der Waals surface area contributed by atoms with Gasteiger partial charge in [0.15, 0.2) is 0 Å². The first kappa shape index (κ1) is 25.8. The molecule has 0 radical (unpaired) electrons. The van der Waals surface area contributed by atoms with Crippen LogP contribution < -0.4 is 10.6 Å². The van der Waals surface area contributed by atoms with Crippen LogP contribution in [0.1, 0.15) is 51.9 Å². The SMILES string of the molecule is Cc1c(Cl)cc(NC(=O)OCc2ccc3c(c2)C(=O)N(C2CCC(=O)NC2=O)C3)cc1CN1CC2CC1CO2. The molecule has 4 aliphatic heterocycles. The second kappa shape index (κ2) is 10.3. The smallest absolute Gasteiger partial charge is 0.411 e. The Morgan fingerprint density at radius 2 is 2.08 bits per heavy atom. The first-order valence-electron chi connectivity index (χ1n) is 13.1. The van der Waals surface area contributed by atoms with Crippen molar-refractivity contribution in [3.63, 3.8) is 0 Å². The maximum absolute atomic E-state index is 13.0. The molecule has 3 unspecified atom stereocenters. The van der Waals surface area contributed by atoms with Crippen molar-refractivity contribution < 1.29 is 28.7 Å². The molecule has 4 heterocycles. The third-order valence-corrected chi connectivity index (χ3v) is 8.44. The summed E-state index contributed by atoms with van der Waals surface area (Å²) in [7, 11) is 0. The van der Waals surface area contributed by atoms with E-state index in [0.717, 1.165) is 42.8 Å². The molecule has 6 rings (SSSR count). The average molecular weight is 553 g/mol. The molecule has 3 atom stereocenters. The lowest BCUT2D eigenvalue weighted by atomic mass is 10.0. The molecule has 0 aliphatic carbocycles. The Bertz CT molecular complexity index is 1380. The summed E-state index contributed by atoms with van der Waals surface area (Å²) in [5, 5.41) is 5.63. The molecule has 2 bridgehead atoms. The monoisotopic (exact) mass is 552 g/mol. The third-order valence-electron chi connectivity index (χ3n) is 8.05. The van der Waals surface area contributed by atoms with Gasteiger partial charge in [0.05, 0.1) is 12.7 Å². The van der Waals surface area contributed by atoms with Gasteiger partial charge in [-0.2, -0.15) is 0 Å². The molecule has 2 N–H and O–H groups in total. The minimum absolute atomic E-state index is 0.0336. The highest BCUT2D eigenvalue weighted by atomic mass is 35.5. The molecule has 4 aliphatic rings. The lowest BCUT2D eigenvalue weighted by Crippen LogP contribution is -2.52. The summed E-state index contributed by atoms with van der Waals surface area (Å²) in [6.07, 6.45) is 1.23. The Kier molecular flexibility index (Phi) is 6.78. The number of benzene rings is 2. The molecule has 3 saturated heterocycles. The molecular formula is C28H29ClN4O6. The van der Waals surface area contributed by atoms with Crippen LogP contribution in [-0.4, -0.2) is 65.0 Å². The van der Waals surface area contributed by atoms with Gasteiger partial charge in [-0.3, -0.25) is 29.9 Å². The normalized spacial score (nSPS) is 24.2. The van der Waals surface area contributed by atoms with E-state index in [1.54, 1.807) is 24.3 Å². The van der Waals surface area contributed by atoms with E-state index in [-0.39, 0.29) is 24.8 Å². The van der Waals surface area contributed by atoms with Crippen LogP contribution in [0.5, 0.6) is 0 Å². The van der Waals surface area contributed by atoms with Crippen molar-refractivity contribution in [1.82, 2.24) is 15.1 Å². The van der Waals surface area contributed by atoms with E-state index in [2.05, 4.69) is 15.5 Å². The zero-order chi connectivity index (χ0) is 27.3. The number of rotatable bonds is 6. The molecular weight excluding hydrogens is 524 g/mol. The van der Waals surface area contributed by atoms with Crippen LogP contribution in [0.2, 0.25) is 5.02 Å². The maximum atomic E-state index is 13.0. The number of carbonyl (C=O) groups is 4. The maximum Gasteiger partial charge on any atom is 0.411 e. The van der Waals surface area contributed by atoms with Crippen molar-refractivity contribution in [1.29, 1.82) is 0 Å². The number of amides is 4. The van der Waals surface area contributed by atoms with Crippen LogP contribution >= 0.6 is 11.6 Å². The highest BCUT2D eigenvalue weighted by Gasteiger charge is 2.40. The number of nitrogens with one attached hydrogen (secondary N) is 2. The second-order valence-electron chi connectivity index (χ2n) is 10.6. The highest BCUT2D eigenvalue weighted by Crippen LogP contribution is 2.32. The Morgan fingerprint density at radius 3 is 2.82 bits per heavy atom. The number of carbonyl (C=O) groups excluding carboxylic acids is 4. The number of imide groups is 1. The molecule has 204 valence electrons. The van der Waals surface area contributed by atoms with E-state index < -0.39 is 18.0 Å². The van der Waals surface area contributed by atoms with E-state index in [4.69, 9.17) is 21.1 Å². The summed E-state index contributed by atoms with van der Waals surface area (Å²) in [5.74, 6) is -1.05. The van der Waals surface area contributed by atoms with Gasteiger partial charge in [-0.1, -0.05) is 23.7 Å². The van der Waals surface area contributed by atoms with Crippen LogP contribution in [0, 0.1) is 6.92 Å². The average Bonchev–Trinajstić information content (AvgIpc) is 3.61. The number of hydrogen-bond donors (Lipinski definition) is 2. The Hall–Kier alpha value is -3.47. The Morgan fingerprint density at radius 1 is 1.23 bits per heavy atom. The summed E-state index contributed by atoms with van der Waals surface area (Å²) >= 11 is 6.48. The fraction of sp³-hybridized carbons (Fsp3) is 0.429. The third kappa shape index (κ3) is 5.11. The van der Waals surface area contributed by atoms with Crippen molar-refractivity contribution in [2.45, 2.75) is 64.1 Å². The van der Waals surface area contributed by atoms with Gasteiger partial charge < -0.3 is 14.4 Å². The molecule has 11 heteroatoms. The molecule has 0 spiro atoms. The summed E-state index contributed by atoms with van der Waals surface area (Å²) in [4.78, 5) is 53.2. The number of nitrogens with zero attached hydrogens (tertiary/aromatic N) is 2. The zero-order valence-electron chi connectivity index (χ0n) is 21.5.